The van der Waals surface area contributed by atoms with Crippen molar-refractivity contribution in [2.24, 2.45) is 4.99 Å². The van der Waals surface area contributed by atoms with Gasteiger partial charge in [-0.15, -0.1) is 24.0 Å². The zero-order chi connectivity index (χ0) is 15.5. The van der Waals surface area contributed by atoms with E-state index in [1.54, 1.807) is 7.11 Å². The monoisotopic (exact) mass is 487 g/mol. The van der Waals surface area contributed by atoms with Crippen LogP contribution in [-0.4, -0.2) is 39.3 Å². The third kappa shape index (κ3) is 8.89. The number of hydrogen-bond acceptors (Lipinski definition) is 2. The molecule has 0 aromatic heterocycles. The van der Waals surface area contributed by atoms with E-state index in [-0.39, 0.29) is 29.8 Å². The molecule has 1 aromatic carbocycles. The average Bonchev–Trinajstić information content (AvgIpc) is 2.45. The molecule has 0 amide bonds. The fourth-order valence-corrected chi connectivity index (χ4v) is 2.13. The van der Waals surface area contributed by atoms with Crippen molar-refractivity contribution in [2.45, 2.75) is 19.8 Å². The van der Waals surface area contributed by atoms with Crippen LogP contribution in [0.4, 0.5) is 4.39 Å². The van der Waals surface area contributed by atoms with Crippen LogP contribution in [0.25, 0.3) is 0 Å². The lowest BCUT2D eigenvalue weighted by Gasteiger charge is -2.10. The molecule has 0 spiro atoms. The third-order valence-electron chi connectivity index (χ3n) is 2.83. The first-order chi connectivity index (χ1) is 10.2. The summed E-state index contributed by atoms with van der Waals surface area (Å²) in [6, 6.07) is 5.16. The summed E-state index contributed by atoms with van der Waals surface area (Å²) in [7, 11) is 1.67. The number of hydrogen-bond donors (Lipinski definition) is 2. The number of rotatable bonds is 8. The van der Waals surface area contributed by atoms with Gasteiger partial charge in [0.1, 0.15) is 5.82 Å². The van der Waals surface area contributed by atoms with Crippen LogP contribution >= 0.6 is 39.9 Å². The van der Waals surface area contributed by atoms with Crippen molar-refractivity contribution in [1.29, 1.82) is 0 Å². The molecule has 0 bridgehead atoms. The van der Waals surface area contributed by atoms with Gasteiger partial charge in [0.2, 0.25) is 0 Å². The Morgan fingerprint density at radius 1 is 1.36 bits per heavy atom. The van der Waals surface area contributed by atoms with Gasteiger partial charge in [0.15, 0.2) is 5.96 Å². The maximum absolute atomic E-state index is 13.7. The Morgan fingerprint density at radius 2 is 2.14 bits per heavy atom. The highest BCUT2D eigenvalue weighted by Gasteiger charge is 2.02. The molecule has 0 saturated heterocycles. The number of halogens is 3. The number of guanidine groups is 1. The van der Waals surface area contributed by atoms with E-state index in [9.17, 15) is 4.39 Å². The molecule has 0 heterocycles. The molecule has 0 aliphatic carbocycles. The van der Waals surface area contributed by atoms with Gasteiger partial charge >= 0.3 is 0 Å². The van der Waals surface area contributed by atoms with E-state index in [4.69, 9.17) is 4.74 Å². The quantitative estimate of drug-likeness (QED) is 0.256. The summed E-state index contributed by atoms with van der Waals surface area (Å²) in [6.45, 7) is 4.82. The van der Waals surface area contributed by atoms with Crippen LogP contribution in [0.15, 0.2) is 27.7 Å². The molecule has 1 aromatic rings. The lowest BCUT2D eigenvalue weighted by atomic mass is 10.1. The minimum atomic E-state index is -0.168. The first-order valence-electron chi connectivity index (χ1n) is 7.12. The number of nitrogens with zero attached hydrogens (tertiary/aromatic N) is 1. The molecular formula is C15H24BrFIN3O. The van der Waals surface area contributed by atoms with Crippen molar-refractivity contribution in [1.82, 2.24) is 10.6 Å². The lowest BCUT2D eigenvalue weighted by Crippen LogP contribution is -2.39. The summed E-state index contributed by atoms with van der Waals surface area (Å²) < 4.78 is 19.4. The Kier molecular flexibility index (Phi) is 12.8. The second-order valence-electron chi connectivity index (χ2n) is 4.52. The summed E-state index contributed by atoms with van der Waals surface area (Å²) in [6.07, 6.45) is 1.49. The maximum atomic E-state index is 13.7. The standard InChI is InChI=1S/C15H23BrFN3O.HI/c1-3-18-15(20-9-10-21-2)19-8-4-5-12-6-7-13(16)11-14(12)17;/h6-7,11H,3-5,8-10H2,1-2H3,(H2,18,19,20);1H. The second kappa shape index (κ2) is 13.1. The Bertz CT molecular complexity index is 460. The summed E-state index contributed by atoms with van der Waals surface area (Å²) >= 11 is 3.26. The first kappa shape index (κ1) is 21.6. The van der Waals surface area contributed by atoms with Gasteiger partial charge in [0.25, 0.3) is 0 Å². The van der Waals surface area contributed by atoms with Gasteiger partial charge in [0.05, 0.1) is 6.61 Å². The van der Waals surface area contributed by atoms with E-state index in [0.29, 0.717) is 26.1 Å². The van der Waals surface area contributed by atoms with Gasteiger partial charge in [-0.3, -0.25) is 4.99 Å². The SMILES string of the molecule is CCNC(=NCCCc1ccc(Br)cc1F)NCCOC.I. The summed E-state index contributed by atoms with van der Waals surface area (Å²) in [5, 5.41) is 6.33. The predicted octanol–water partition coefficient (Wildman–Crippen LogP) is 3.34. The van der Waals surface area contributed by atoms with Gasteiger partial charge in [-0.2, -0.15) is 0 Å². The first-order valence-corrected chi connectivity index (χ1v) is 7.91. The molecule has 126 valence electrons. The van der Waals surface area contributed by atoms with Gasteiger partial charge in [-0.25, -0.2) is 4.39 Å². The van der Waals surface area contributed by atoms with Crippen molar-refractivity contribution in [3.05, 3.63) is 34.1 Å². The van der Waals surface area contributed by atoms with Gasteiger partial charge in [0, 0.05) is 31.2 Å². The molecule has 0 aliphatic heterocycles. The van der Waals surface area contributed by atoms with Crippen LogP contribution in [0, 0.1) is 5.82 Å². The van der Waals surface area contributed by atoms with Crippen molar-refractivity contribution in [2.75, 3.05) is 33.4 Å². The van der Waals surface area contributed by atoms with E-state index in [2.05, 4.69) is 31.6 Å². The molecule has 0 fully saturated rings. The number of ether oxygens (including phenoxy) is 1. The fraction of sp³-hybridized carbons (Fsp3) is 0.533. The average molecular weight is 488 g/mol. The number of nitrogens with one attached hydrogen (secondary N) is 2. The largest absolute Gasteiger partial charge is 0.383 e. The van der Waals surface area contributed by atoms with E-state index in [1.165, 1.54) is 6.07 Å². The Labute approximate surface area is 157 Å². The topological polar surface area (TPSA) is 45.7 Å². The molecular weight excluding hydrogens is 464 g/mol. The molecule has 0 aliphatic rings. The minimum absolute atomic E-state index is 0. The minimum Gasteiger partial charge on any atom is -0.383 e. The Morgan fingerprint density at radius 3 is 2.77 bits per heavy atom. The van der Waals surface area contributed by atoms with Crippen LogP contribution in [0.2, 0.25) is 0 Å². The molecule has 4 nitrogen and oxygen atoms in total. The zero-order valence-electron chi connectivity index (χ0n) is 13.0. The number of aryl methyl sites for hydroxylation is 1. The molecule has 7 heteroatoms. The lowest BCUT2D eigenvalue weighted by molar-refractivity contribution is 0.203. The van der Waals surface area contributed by atoms with E-state index in [1.807, 2.05) is 19.1 Å². The van der Waals surface area contributed by atoms with Crippen molar-refractivity contribution in [3.63, 3.8) is 0 Å². The molecule has 0 unspecified atom stereocenters. The molecule has 0 atom stereocenters. The second-order valence-corrected chi connectivity index (χ2v) is 5.44. The van der Waals surface area contributed by atoms with Crippen molar-refractivity contribution >= 4 is 45.9 Å². The highest BCUT2D eigenvalue weighted by atomic mass is 127. The van der Waals surface area contributed by atoms with Gasteiger partial charge < -0.3 is 15.4 Å². The third-order valence-corrected chi connectivity index (χ3v) is 3.33. The van der Waals surface area contributed by atoms with Crippen LogP contribution in [0.1, 0.15) is 18.9 Å². The highest BCUT2D eigenvalue weighted by molar-refractivity contribution is 14.0. The predicted molar refractivity (Wildman–Crippen MR) is 104 cm³/mol. The van der Waals surface area contributed by atoms with Crippen LogP contribution in [0.3, 0.4) is 0 Å². The van der Waals surface area contributed by atoms with Crippen molar-refractivity contribution in [3.8, 4) is 0 Å². The fourth-order valence-electron chi connectivity index (χ4n) is 1.80. The summed E-state index contributed by atoms with van der Waals surface area (Å²) in [5.74, 6) is 0.601. The van der Waals surface area contributed by atoms with E-state index < -0.39 is 0 Å². The van der Waals surface area contributed by atoms with Gasteiger partial charge in [-0.05, 0) is 37.5 Å². The molecule has 22 heavy (non-hydrogen) atoms. The molecule has 1 rings (SSSR count). The highest BCUT2D eigenvalue weighted by Crippen LogP contribution is 2.16. The smallest absolute Gasteiger partial charge is 0.191 e. The summed E-state index contributed by atoms with van der Waals surface area (Å²) in [4.78, 5) is 4.45. The molecule has 0 saturated carbocycles. The van der Waals surface area contributed by atoms with Crippen molar-refractivity contribution < 1.29 is 9.13 Å². The normalized spacial score (nSPS) is 11.0. The van der Waals surface area contributed by atoms with Crippen LogP contribution in [-0.2, 0) is 11.2 Å². The van der Waals surface area contributed by atoms with Crippen LogP contribution in [0.5, 0.6) is 0 Å². The number of aliphatic imine (C=N–C) groups is 1. The molecule has 2 N–H and O–H groups in total. The molecule has 0 radical (unpaired) electrons. The number of methoxy groups -OCH3 is 1. The van der Waals surface area contributed by atoms with E-state index in [0.717, 1.165) is 29.0 Å². The number of benzene rings is 1. The zero-order valence-corrected chi connectivity index (χ0v) is 16.9. The van der Waals surface area contributed by atoms with Gasteiger partial charge in [-0.1, -0.05) is 22.0 Å². The Balaban J connectivity index is 0.00000441. The Hall–Kier alpha value is -0.410. The van der Waals surface area contributed by atoms with E-state index >= 15 is 0 Å². The summed E-state index contributed by atoms with van der Waals surface area (Å²) in [5.41, 5.74) is 0.728. The van der Waals surface area contributed by atoms with Crippen LogP contribution < -0.4 is 10.6 Å². The maximum Gasteiger partial charge on any atom is 0.191 e.